The monoisotopic (exact) mass is 264 g/mol. The van der Waals surface area contributed by atoms with E-state index in [4.69, 9.17) is 14.2 Å². The molecule has 1 aromatic rings. The predicted octanol–water partition coefficient (Wildman–Crippen LogP) is 2.81. The minimum atomic E-state index is -0.0825. The first-order chi connectivity index (χ1) is 9.25. The van der Waals surface area contributed by atoms with Crippen molar-refractivity contribution in [3.05, 3.63) is 29.8 Å². The minimum absolute atomic E-state index is 0.0392. The number of ether oxygens (including phenoxy) is 3. The lowest BCUT2D eigenvalue weighted by Gasteiger charge is -2.22. The summed E-state index contributed by atoms with van der Waals surface area (Å²) in [6.07, 6.45) is 3.15. The molecule has 1 aliphatic rings. The van der Waals surface area contributed by atoms with Gasteiger partial charge in [0.25, 0.3) is 0 Å². The number of ketones is 1. The topological polar surface area (TPSA) is 44.8 Å². The highest BCUT2D eigenvalue weighted by Crippen LogP contribution is 2.15. The van der Waals surface area contributed by atoms with E-state index in [0.717, 1.165) is 25.9 Å². The molecular weight excluding hydrogens is 244 g/mol. The first kappa shape index (κ1) is 14.0. The first-order valence-electron chi connectivity index (χ1n) is 6.73. The lowest BCUT2D eigenvalue weighted by atomic mass is 10.1. The summed E-state index contributed by atoms with van der Waals surface area (Å²) >= 11 is 0. The van der Waals surface area contributed by atoms with E-state index in [1.54, 1.807) is 19.1 Å². The highest BCUT2D eigenvalue weighted by atomic mass is 16.7. The molecule has 4 heteroatoms. The maximum Gasteiger partial charge on any atom is 0.159 e. The van der Waals surface area contributed by atoms with Gasteiger partial charge in [0.1, 0.15) is 12.4 Å². The van der Waals surface area contributed by atoms with Crippen molar-refractivity contribution < 1.29 is 19.0 Å². The van der Waals surface area contributed by atoms with Crippen LogP contribution in [-0.2, 0) is 9.47 Å². The summed E-state index contributed by atoms with van der Waals surface area (Å²) in [7, 11) is 0. The maximum atomic E-state index is 11.2. The zero-order chi connectivity index (χ0) is 13.5. The van der Waals surface area contributed by atoms with Gasteiger partial charge < -0.3 is 14.2 Å². The van der Waals surface area contributed by atoms with Crippen LogP contribution in [0.4, 0.5) is 0 Å². The molecule has 2 rings (SSSR count). The van der Waals surface area contributed by atoms with Crippen LogP contribution in [0.15, 0.2) is 24.3 Å². The summed E-state index contributed by atoms with van der Waals surface area (Å²) in [5.74, 6) is 0.734. The predicted molar refractivity (Wildman–Crippen MR) is 71.5 cm³/mol. The summed E-state index contributed by atoms with van der Waals surface area (Å²) in [4.78, 5) is 11.2. The molecule has 1 saturated heterocycles. The molecule has 1 aromatic carbocycles. The summed E-state index contributed by atoms with van der Waals surface area (Å²) in [6, 6.07) is 7.18. The fraction of sp³-hybridized carbons (Fsp3) is 0.533. The third kappa shape index (κ3) is 4.65. The third-order valence-electron chi connectivity index (χ3n) is 3.03. The Hall–Kier alpha value is -1.39. The van der Waals surface area contributed by atoms with E-state index in [-0.39, 0.29) is 12.1 Å². The van der Waals surface area contributed by atoms with Crippen molar-refractivity contribution in [2.24, 2.45) is 0 Å². The molecule has 0 N–H and O–H groups in total. The number of rotatable bonds is 6. The van der Waals surface area contributed by atoms with Crippen LogP contribution in [0.1, 0.15) is 36.5 Å². The Morgan fingerprint density at radius 3 is 3.00 bits per heavy atom. The Kier molecular flexibility index (Phi) is 5.36. The maximum absolute atomic E-state index is 11.2. The molecule has 0 saturated carbocycles. The van der Waals surface area contributed by atoms with Crippen molar-refractivity contribution in [1.82, 2.24) is 0 Å². The fourth-order valence-corrected chi connectivity index (χ4v) is 1.99. The van der Waals surface area contributed by atoms with Crippen LogP contribution in [0.25, 0.3) is 0 Å². The van der Waals surface area contributed by atoms with E-state index in [2.05, 4.69) is 0 Å². The lowest BCUT2D eigenvalue weighted by Crippen LogP contribution is -2.24. The van der Waals surface area contributed by atoms with Gasteiger partial charge in [0, 0.05) is 12.2 Å². The number of benzene rings is 1. The van der Waals surface area contributed by atoms with E-state index >= 15 is 0 Å². The van der Waals surface area contributed by atoms with Crippen molar-refractivity contribution in [2.75, 3.05) is 19.8 Å². The molecule has 0 aromatic heterocycles. The van der Waals surface area contributed by atoms with Crippen LogP contribution < -0.4 is 4.74 Å². The van der Waals surface area contributed by atoms with Crippen LogP contribution in [0, 0.1) is 0 Å². The second-order valence-electron chi connectivity index (χ2n) is 4.60. The molecular formula is C15H20O4. The molecule has 104 valence electrons. The van der Waals surface area contributed by atoms with Gasteiger partial charge in [-0.05, 0) is 38.3 Å². The molecule has 0 aliphatic carbocycles. The lowest BCUT2D eigenvalue weighted by molar-refractivity contribution is -0.165. The number of Topliss-reactive ketones (excluding diaryl/α,β-unsaturated/α-hetero) is 1. The van der Waals surface area contributed by atoms with Crippen molar-refractivity contribution in [3.8, 4) is 5.75 Å². The molecule has 0 spiro atoms. The fourth-order valence-electron chi connectivity index (χ4n) is 1.99. The third-order valence-corrected chi connectivity index (χ3v) is 3.03. The van der Waals surface area contributed by atoms with Gasteiger partial charge in [0.15, 0.2) is 12.1 Å². The van der Waals surface area contributed by atoms with Gasteiger partial charge in [-0.25, -0.2) is 0 Å². The summed E-state index contributed by atoms with van der Waals surface area (Å²) in [5.41, 5.74) is 0.661. The normalized spacial score (nSPS) is 19.1. The zero-order valence-corrected chi connectivity index (χ0v) is 11.3. The van der Waals surface area contributed by atoms with Crippen molar-refractivity contribution in [3.63, 3.8) is 0 Å². The molecule has 1 unspecified atom stereocenters. The van der Waals surface area contributed by atoms with Crippen molar-refractivity contribution >= 4 is 5.78 Å². The molecule has 1 heterocycles. The van der Waals surface area contributed by atoms with Gasteiger partial charge >= 0.3 is 0 Å². The van der Waals surface area contributed by atoms with Crippen LogP contribution in [-0.4, -0.2) is 31.9 Å². The number of carbonyl (C=O) groups is 1. The quantitative estimate of drug-likeness (QED) is 0.585. The van der Waals surface area contributed by atoms with Gasteiger partial charge in [0.05, 0.1) is 6.61 Å². The summed E-state index contributed by atoms with van der Waals surface area (Å²) in [6.45, 7) is 3.28. The largest absolute Gasteiger partial charge is 0.491 e. The van der Waals surface area contributed by atoms with Crippen molar-refractivity contribution in [2.45, 2.75) is 32.5 Å². The molecule has 0 bridgehead atoms. The molecule has 4 nitrogen and oxygen atoms in total. The van der Waals surface area contributed by atoms with E-state index in [1.807, 2.05) is 12.1 Å². The van der Waals surface area contributed by atoms with Gasteiger partial charge in [-0.3, -0.25) is 4.79 Å². The van der Waals surface area contributed by atoms with Gasteiger partial charge in [-0.1, -0.05) is 12.1 Å². The van der Waals surface area contributed by atoms with E-state index in [1.165, 1.54) is 0 Å². The Bertz CT molecular complexity index is 410. The van der Waals surface area contributed by atoms with Gasteiger partial charge in [0.2, 0.25) is 0 Å². The van der Waals surface area contributed by atoms with Crippen molar-refractivity contribution in [1.29, 1.82) is 0 Å². The highest BCUT2D eigenvalue weighted by Gasteiger charge is 2.13. The van der Waals surface area contributed by atoms with E-state index in [0.29, 0.717) is 24.5 Å². The van der Waals surface area contributed by atoms with Crippen LogP contribution in [0.2, 0.25) is 0 Å². The first-order valence-corrected chi connectivity index (χ1v) is 6.73. The standard InChI is InChI=1S/C15H20O4/c1-12(16)13-5-4-6-14(11-13)17-9-10-19-15-7-2-3-8-18-15/h4-6,11,15H,2-3,7-10H2,1H3. The van der Waals surface area contributed by atoms with Crippen LogP contribution in [0.5, 0.6) is 5.75 Å². The molecule has 1 atom stereocenters. The molecule has 0 amide bonds. The number of carbonyl (C=O) groups excluding carboxylic acids is 1. The van der Waals surface area contributed by atoms with Gasteiger partial charge in [-0.15, -0.1) is 0 Å². The molecule has 1 fully saturated rings. The Morgan fingerprint density at radius 1 is 1.37 bits per heavy atom. The smallest absolute Gasteiger partial charge is 0.159 e. The molecule has 1 aliphatic heterocycles. The Balaban J connectivity index is 1.70. The second kappa shape index (κ2) is 7.26. The average Bonchev–Trinajstić information content (AvgIpc) is 2.45. The highest BCUT2D eigenvalue weighted by molar-refractivity contribution is 5.94. The number of hydrogen-bond acceptors (Lipinski definition) is 4. The Labute approximate surface area is 113 Å². The van der Waals surface area contributed by atoms with Crippen LogP contribution >= 0.6 is 0 Å². The SMILES string of the molecule is CC(=O)c1cccc(OCCOC2CCCCO2)c1. The Morgan fingerprint density at radius 2 is 2.26 bits per heavy atom. The second-order valence-corrected chi connectivity index (χ2v) is 4.60. The van der Waals surface area contributed by atoms with Gasteiger partial charge in [-0.2, -0.15) is 0 Å². The summed E-state index contributed by atoms with van der Waals surface area (Å²) < 4.78 is 16.6. The minimum Gasteiger partial charge on any atom is -0.491 e. The number of hydrogen-bond donors (Lipinski definition) is 0. The van der Waals surface area contributed by atoms with Crippen LogP contribution in [0.3, 0.4) is 0 Å². The molecule has 19 heavy (non-hydrogen) atoms. The zero-order valence-electron chi connectivity index (χ0n) is 11.3. The van der Waals surface area contributed by atoms with E-state index < -0.39 is 0 Å². The summed E-state index contributed by atoms with van der Waals surface area (Å²) in [5, 5.41) is 0. The van der Waals surface area contributed by atoms with E-state index in [9.17, 15) is 4.79 Å². The molecule has 0 radical (unpaired) electrons. The average molecular weight is 264 g/mol.